The molecule has 0 atom stereocenters. The second-order valence-electron chi connectivity index (χ2n) is 6.59. The summed E-state index contributed by atoms with van der Waals surface area (Å²) < 4.78 is 2.64. The van der Waals surface area contributed by atoms with Gasteiger partial charge in [0, 0.05) is 14.5 Å². The van der Waals surface area contributed by atoms with Crippen LogP contribution >= 0.6 is 22.6 Å². The predicted octanol–water partition coefficient (Wildman–Crippen LogP) is 3.96. The first-order chi connectivity index (χ1) is 13.5. The van der Waals surface area contributed by atoms with Crippen LogP contribution in [0, 0.1) is 10.5 Å². The number of ketones is 1. The van der Waals surface area contributed by atoms with Crippen molar-refractivity contribution < 1.29 is 4.79 Å². The van der Waals surface area contributed by atoms with E-state index in [0.717, 1.165) is 37.0 Å². The van der Waals surface area contributed by atoms with Crippen LogP contribution in [0.5, 0.6) is 0 Å². The lowest BCUT2D eigenvalue weighted by atomic mass is 10.1. The molecule has 0 bridgehead atoms. The van der Waals surface area contributed by atoms with Gasteiger partial charge in [0.2, 0.25) is 5.78 Å². The molecule has 8 heteroatoms. The highest BCUT2D eigenvalue weighted by molar-refractivity contribution is 14.1. The van der Waals surface area contributed by atoms with Gasteiger partial charge >= 0.3 is 0 Å². The molecule has 0 aliphatic heterocycles. The number of aromatic nitrogens is 5. The lowest BCUT2D eigenvalue weighted by Gasteiger charge is -2.05. The van der Waals surface area contributed by atoms with Gasteiger partial charge in [0.05, 0.1) is 34.2 Å². The lowest BCUT2D eigenvalue weighted by Crippen LogP contribution is -2.07. The highest BCUT2D eigenvalue weighted by atomic mass is 127. The maximum atomic E-state index is 13.0. The largest absolute Gasteiger partial charge is 0.383 e. The number of nitrogen functional groups attached to an aromatic ring is 1. The topological polar surface area (TPSA) is 105 Å². The number of aromatic amines is 2. The molecule has 3 aromatic heterocycles. The second-order valence-corrected chi connectivity index (χ2v) is 7.75. The van der Waals surface area contributed by atoms with Crippen LogP contribution in [-0.4, -0.2) is 30.5 Å². The van der Waals surface area contributed by atoms with Gasteiger partial charge in [-0.1, -0.05) is 6.07 Å². The van der Waals surface area contributed by atoms with Gasteiger partial charge in [0.25, 0.3) is 0 Å². The number of H-pyrrole nitrogens is 2. The molecule has 0 amide bonds. The number of anilines is 1. The van der Waals surface area contributed by atoms with E-state index in [1.54, 1.807) is 4.68 Å². The van der Waals surface area contributed by atoms with Crippen LogP contribution in [0.3, 0.4) is 0 Å². The quantitative estimate of drug-likeness (QED) is 0.268. The van der Waals surface area contributed by atoms with Crippen LogP contribution in [0.15, 0.2) is 48.7 Å². The summed E-state index contributed by atoms with van der Waals surface area (Å²) in [6, 6.07) is 13.5. The number of aryl methyl sites for hydroxylation is 1. The molecule has 0 aliphatic rings. The minimum Gasteiger partial charge on any atom is -0.383 e. The fourth-order valence-electron chi connectivity index (χ4n) is 3.38. The molecule has 0 spiro atoms. The van der Waals surface area contributed by atoms with Crippen LogP contribution in [-0.2, 0) is 0 Å². The molecule has 2 aromatic carbocycles. The van der Waals surface area contributed by atoms with Gasteiger partial charge in [-0.2, -0.15) is 5.10 Å². The molecule has 0 aliphatic carbocycles. The number of nitrogens with zero attached hydrogens (tertiary/aromatic N) is 3. The van der Waals surface area contributed by atoms with Crippen molar-refractivity contribution in [3.8, 4) is 5.69 Å². The van der Waals surface area contributed by atoms with Gasteiger partial charge in [0.15, 0.2) is 0 Å². The minimum atomic E-state index is -0.188. The van der Waals surface area contributed by atoms with Crippen LogP contribution < -0.4 is 5.73 Å². The highest BCUT2D eigenvalue weighted by Gasteiger charge is 2.20. The molecule has 0 saturated carbocycles. The Balaban J connectivity index is 1.56. The summed E-state index contributed by atoms with van der Waals surface area (Å²) >= 11 is 2.26. The summed E-state index contributed by atoms with van der Waals surface area (Å²) in [6.07, 6.45) is 1.51. The van der Waals surface area contributed by atoms with Crippen molar-refractivity contribution in [2.24, 2.45) is 0 Å². The number of fused-ring (bicyclic) bond motifs is 2. The van der Waals surface area contributed by atoms with Gasteiger partial charge in [-0.25, -0.2) is 9.67 Å². The lowest BCUT2D eigenvalue weighted by molar-refractivity contribution is 0.103. The van der Waals surface area contributed by atoms with Crippen molar-refractivity contribution >= 4 is 56.1 Å². The summed E-state index contributed by atoms with van der Waals surface area (Å²) in [5.74, 6) is 0.947. The highest BCUT2D eigenvalue weighted by Crippen LogP contribution is 2.26. The normalized spacial score (nSPS) is 11.5. The molecule has 4 N–H and O–H groups in total. The number of imidazole rings is 1. The van der Waals surface area contributed by atoms with Crippen LogP contribution in [0.4, 0.5) is 5.82 Å². The van der Waals surface area contributed by atoms with Crippen molar-refractivity contribution in [1.82, 2.24) is 24.7 Å². The average molecular weight is 482 g/mol. The first-order valence-corrected chi connectivity index (χ1v) is 9.71. The van der Waals surface area contributed by atoms with E-state index >= 15 is 0 Å². The van der Waals surface area contributed by atoms with Gasteiger partial charge in [-0.15, -0.1) is 0 Å². The molecule has 0 fully saturated rings. The smallest absolute Gasteiger partial charge is 0.214 e. The molecule has 0 unspecified atom stereocenters. The maximum Gasteiger partial charge on any atom is 0.214 e. The number of nitrogens with one attached hydrogen (secondary N) is 2. The maximum absolute atomic E-state index is 13.0. The number of halogens is 1. The van der Waals surface area contributed by atoms with E-state index in [-0.39, 0.29) is 5.78 Å². The average Bonchev–Trinajstić information content (AvgIpc) is 3.36. The van der Waals surface area contributed by atoms with E-state index in [1.807, 2.05) is 49.4 Å². The monoisotopic (exact) mass is 482 g/mol. The van der Waals surface area contributed by atoms with E-state index in [1.165, 1.54) is 6.20 Å². The zero-order chi connectivity index (χ0) is 19.4. The molecule has 5 rings (SSSR count). The van der Waals surface area contributed by atoms with Gasteiger partial charge in [-0.05, 0) is 65.9 Å². The molecule has 0 saturated heterocycles. The number of nitrogens with two attached hydrogens (primary N) is 1. The van der Waals surface area contributed by atoms with Gasteiger partial charge in [0.1, 0.15) is 11.6 Å². The Morgan fingerprint density at radius 1 is 1.14 bits per heavy atom. The molecule has 7 nitrogen and oxygen atoms in total. The number of benzene rings is 2. The number of carbonyl (C=O) groups excluding carboxylic acids is 1. The Kier molecular flexibility index (Phi) is 3.76. The van der Waals surface area contributed by atoms with Gasteiger partial charge < -0.3 is 15.7 Å². The Hall–Kier alpha value is -3.14. The van der Waals surface area contributed by atoms with Crippen LogP contribution in [0.25, 0.3) is 27.6 Å². The standard InChI is InChI=1S/C20H15IN6O/c1-10-24-16-6-5-11(7-17(16)25-10)27-20(22)13(9-23-27)19(28)18-8-12-14(21)3-2-4-15(12)26-18/h2-9,26H,22H2,1H3,(H,24,25). The molecule has 5 aromatic rings. The predicted molar refractivity (Wildman–Crippen MR) is 117 cm³/mol. The van der Waals surface area contributed by atoms with Crippen molar-refractivity contribution in [3.05, 3.63) is 69.3 Å². The summed E-state index contributed by atoms with van der Waals surface area (Å²) in [6.45, 7) is 1.90. The van der Waals surface area contributed by atoms with E-state index in [0.29, 0.717) is 17.1 Å². The molecule has 28 heavy (non-hydrogen) atoms. The third-order valence-corrected chi connectivity index (χ3v) is 5.68. The first-order valence-electron chi connectivity index (χ1n) is 8.63. The number of hydrogen-bond donors (Lipinski definition) is 3. The van der Waals surface area contributed by atoms with E-state index in [9.17, 15) is 4.79 Å². The molecular weight excluding hydrogens is 467 g/mol. The molecule has 138 valence electrons. The third kappa shape index (κ3) is 2.60. The Bertz CT molecular complexity index is 1380. The minimum absolute atomic E-state index is 0.188. The number of rotatable bonds is 3. The van der Waals surface area contributed by atoms with Crippen molar-refractivity contribution in [2.75, 3.05) is 5.73 Å². The Labute approximate surface area is 173 Å². The van der Waals surface area contributed by atoms with Crippen LogP contribution in [0.1, 0.15) is 21.9 Å². The second kappa shape index (κ2) is 6.20. The fourth-order valence-corrected chi connectivity index (χ4v) is 4.03. The summed E-state index contributed by atoms with van der Waals surface area (Å²) in [5.41, 5.74) is 10.6. The summed E-state index contributed by atoms with van der Waals surface area (Å²) in [5, 5.41) is 5.35. The molecule has 0 radical (unpaired) electrons. The van der Waals surface area contributed by atoms with E-state index in [4.69, 9.17) is 5.73 Å². The van der Waals surface area contributed by atoms with Crippen LogP contribution in [0.2, 0.25) is 0 Å². The number of carbonyl (C=O) groups is 1. The zero-order valence-electron chi connectivity index (χ0n) is 14.8. The van der Waals surface area contributed by atoms with Gasteiger partial charge in [-0.3, -0.25) is 4.79 Å². The Morgan fingerprint density at radius 3 is 2.82 bits per heavy atom. The first kappa shape index (κ1) is 17.0. The number of hydrogen-bond acceptors (Lipinski definition) is 4. The molecular formula is C20H15IN6O. The SMILES string of the molecule is Cc1nc2cc(-n3ncc(C(=O)c4cc5c(I)cccc5[nH]4)c3N)ccc2[nH]1. The molecule has 3 heterocycles. The van der Waals surface area contributed by atoms with Crippen molar-refractivity contribution in [3.63, 3.8) is 0 Å². The fraction of sp³-hybridized carbons (Fsp3) is 0.0500. The third-order valence-electron chi connectivity index (χ3n) is 4.74. The Morgan fingerprint density at radius 2 is 2.00 bits per heavy atom. The van der Waals surface area contributed by atoms with E-state index < -0.39 is 0 Å². The van der Waals surface area contributed by atoms with E-state index in [2.05, 4.69) is 42.6 Å². The zero-order valence-corrected chi connectivity index (χ0v) is 17.0. The van der Waals surface area contributed by atoms with Crippen molar-refractivity contribution in [1.29, 1.82) is 0 Å². The summed E-state index contributed by atoms with van der Waals surface area (Å²) in [7, 11) is 0. The summed E-state index contributed by atoms with van der Waals surface area (Å²) in [4.78, 5) is 23.8. The van der Waals surface area contributed by atoms with Crippen molar-refractivity contribution in [2.45, 2.75) is 6.92 Å².